The Morgan fingerprint density at radius 3 is 1.94 bits per heavy atom. The van der Waals surface area contributed by atoms with Crippen LogP contribution in [-0.2, 0) is 14.3 Å². The molecule has 0 unspecified atom stereocenters. The van der Waals surface area contributed by atoms with E-state index >= 15 is 0 Å². The fourth-order valence-electron chi connectivity index (χ4n) is 1.12. The summed E-state index contributed by atoms with van der Waals surface area (Å²) in [7, 11) is 0. The highest BCUT2D eigenvalue weighted by molar-refractivity contribution is 6.04. The third-order valence-electron chi connectivity index (χ3n) is 1.93. The van der Waals surface area contributed by atoms with E-state index in [1.807, 2.05) is 6.07 Å². The van der Waals surface area contributed by atoms with Gasteiger partial charge in [-0.3, -0.25) is 0 Å². The Balaban J connectivity index is 0.000000181. The second kappa shape index (κ2) is 5.60. The van der Waals surface area contributed by atoms with E-state index in [4.69, 9.17) is 5.11 Å². The SMILES string of the molecule is Cc1ccccc1C(=O)O.O=C1C=CC(=O)O1. The summed E-state index contributed by atoms with van der Waals surface area (Å²) < 4.78 is 3.97. The van der Waals surface area contributed by atoms with Crippen LogP contribution >= 0.6 is 0 Å². The van der Waals surface area contributed by atoms with E-state index in [2.05, 4.69) is 4.74 Å². The van der Waals surface area contributed by atoms with Crippen molar-refractivity contribution in [3.05, 3.63) is 47.5 Å². The normalized spacial score (nSPS) is 12.8. The number of cyclic esters (lactones) is 2. The van der Waals surface area contributed by atoms with Crippen LogP contribution in [0.3, 0.4) is 0 Å². The predicted molar refractivity (Wildman–Crippen MR) is 58.4 cm³/mol. The lowest BCUT2D eigenvalue weighted by atomic mass is 10.1. The molecule has 0 atom stereocenters. The Hall–Kier alpha value is -2.43. The standard InChI is InChI=1S/C8H8O2.C4H2O3/c1-6-4-2-3-5-7(6)8(9)10;5-3-1-2-4(6)7-3/h2-5H,1H3,(H,9,10);1-2H. The summed E-state index contributed by atoms with van der Waals surface area (Å²) in [6.45, 7) is 1.78. The van der Waals surface area contributed by atoms with E-state index in [9.17, 15) is 14.4 Å². The van der Waals surface area contributed by atoms with Crippen LogP contribution in [0.4, 0.5) is 0 Å². The van der Waals surface area contributed by atoms with E-state index in [-0.39, 0.29) is 0 Å². The van der Waals surface area contributed by atoms with Crippen LogP contribution < -0.4 is 0 Å². The van der Waals surface area contributed by atoms with Crippen LogP contribution in [0.15, 0.2) is 36.4 Å². The van der Waals surface area contributed by atoms with Gasteiger partial charge in [0.05, 0.1) is 5.56 Å². The molecule has 5 heteroatoms. The van der Waals surface area contributed by atoms with Crippen LogP contribution in [0, 0.1) is 6.92 Å². The lowest BCUT2D eigenvalue weighted by molar-refractivity contribution is -0.150. The number of carboxylic acid groups (broad SMARTS) is 1. The van der Waals surface area contributed by atoms with Crippen LogP contribution in [-0.4, -0.2) is 23.0 Å². The quantitative estimate of drug-likeness (QED) is 0.585. The number of aryl methyl sites for hydroxylation is 1. The molecule has 1 heterocycles. The minimum Gasteiger partial charge on any atom is -0.478 e. The van der Waals surface area contributed by atoms with Gasteiger partial charge in [0, 0.05) is 12.2 Å². The Bertz CT molecular complexity index is 471. The maximum Gasteiger partial charge on any atom is 0.338 e. The number of hydrogen-bond donors (Lipinski definition) is 1. The van der Waals surface area contributed by atoms with E-state index in [0.717, 1.165) is 17.7 Å². The molecule has 0 bridgehead atoms. The number of rotatable bonds is 1. The molecular formula is C12H10O5. The topological polar surface area (TPSA) is 80.7 Å². The first-order chi connectivity index (χ1) is 8.00. The molecule has 1 aromatic rings. The lowest BCUT2D eigenvalue weighted by Crippen LogP contribution is -1.97. The molecule has 0 aromatic heterocycles. The predicted octanol–water partition coefficient (Wildman–Crippen LogP) is 1.32. The molecular weight excluding hydrogens is 224 g/mol. The second-order valence-electron chi connectivity index (χ2n) is 3.19. The van der Waals surface area contributed by atoms with Crippen LogP contribution in [0.1, 0.15) is 15.9 Å². The van der Waals surface area contributed by atoms with Crippen LogP contribution in [0.2, 0.25) is 0 Å². The van der Waals surface area contributed by atoms with Gasteiger partial charge in [0.1, 0.15) is 0 Å². The Morgan fingerprint density at radius 2 is 1.65 bits per heavy atom. The van der Waals surface area contributed by atoms with E-state index < -0.39 is 17.9 Å². The van der Waals surface area contributed by atoms with Crippen molar-refractivity contribution in [1.82, 2.24) is 0 Å². The largest absolute Gasteiger partial charge is 0.478 e. The van der Waals surface area contributed by atoms with Crippen molar-refractivity contribution in [2.45, 2.75) is 6.92 Å². The van der Waals surface area contributed by atoms with Gasteiger partial charge in [0.2, 0.25) is 0 Å². The molecule has 0 fully saturated rings. The number of hydrogen-bond acceptors (Lipinski definition) is 4. The number of ether oxygens (including phenoxy) is 1. The molecule has 0 amide bonds. The van der Waals surface area contributed by atoms with Crippen LogP contribution in [0.25, 0.3) is 0 Å². The number of aromatic carboxylic acids is 1. The fourth-order valence-corrected chi connectivity index (χ4v) is 1.12. The highest BCUT2D eigenvalue weighted by Gasteiger charge is 2.10. The average molecular weight is 234 g/mol. The number of esters is 2. The first-order valence-corrected chi connectivity index (χ1v) is 4.73. The molecule has 0 radical (unpaired) electrons. The van der Waals surface area contributed by atoms with Crippen molar-refractivity contribution >= 4 is 17.9 Å². The van der Waals surface area contributed by atoms with Gasteiger partial charge in [-0.2, -0.15) is 0 Å². The third kappa shape index (κ3) is 3.90. The molecule has 5 nitrogen and oxygen atoms in total. The van der Waals surface area contributed by atoms with Crippen LogP contribution in [0.5, 0.6) is 0 Å². The van der Waals surface area contributed by atoms with E-state index in [0.29, 0.717) is 5.56 Å². The van der Waals surface area contributed by atoms with Gasteiger partial charge in [-0.15, -0.1) is 0 Å². The fraction of sp³-hybridized carbons (Fsp3) is 0.0833. The number of benzene rings is 1. The summed E-state index contributed by atoms with van der Waals surface area (Å²) in [4.78, 5) is 30.3. The molecule has 17 heavy (non-hydrogen) atoms. The smallest absolute Gasteiger partial charge is 0.338 e. The summed E-state index contributed by atoms with van der Waals surface area (Å²) in [5, 5.41) is 8.57. The number of carbonyl (C=O) groups excluding carboxylic acids is 2. The Morgan fingerprint density at radius 1 is 1.12 bits per heavy atom. The molecule has 1 aliphatic heterocycles. The molecule has 1 aromatic carbocycles. The van der Waals surface area contributed by atoms with Gasteiger partial charge in [0.25, 0.3) is 0 Å². The summed E-state index contributed by atoms with van der Waals surface area (Å²) in [5.74, 6) is -2.02. The van der Waals surface area contributed by atoms with Crippen molar-refractivity contribution in [2.75, 3.05) is 0 Å². The molecule has 0 spiro atoms. The van der Waals surface area contributed by atoms with Gasteiger partial charge in [-0.1, -0.05) is 18.2 Å². The van der Waals surface area contributed by atoms with Gasteiger partial charge in [-0.05, 0) is 18.6 Å². The molecule has 0 saturated heterocycles. The average Bonchev–Trinajstić information content (AvgIpc) is 2.63. The van der Waals surface area contributed by atoms with Crippen molar-refractivity contribution in [2.24, 2.45) is 0 Å². The van der Waals surface area contributed by atoms with Gasteiger partial charge in [0.15, 0.2) is 0 Å². The third-order valence-corrected chi connectivity index (χ3v) is 1.93. The molecule has 2 rings (SSSR count). The summed E-state index contributed by atoms with van der Waals surface area (Å²) in [6, 6.07) is 6.92. The Labute approximate surface area is 97.3 Å². The zero-order valence-electron chi connectivity index (χ0n) is 9.04. The zero-order chi connectivity index (χ0) is 12.8. The molecule has 0 aliphatic carbocycles. The summed E-state index contributed by atoms with van der Waals surface area (Å²) in [5.41, 5.74) is 1.18. The van der Waals surface area contributed by atoms with E-state index in [1.54, 1.807) is 25.1 Å². The van der Waals surface area contributed by atoms with Crippen molar-refractivity contribution in [1.29, 1.82) is 0 Å². The molecule has 1 N–H and O–H groups in total. The van der Waals surface area contributed by atoms with Gasteiger partial charge >= 0.3 is 17.9 Å². The molecule has 0 saturated carbocycles. The van der Waals surface area contributed by atoms with Gasteiger partial charge < -0.3 is 9.84 Å². The number of carboxylic acids is 1. The molecule has 1 aliphatic rings. The zero-order valence-corrected chi connectivity index (χ0v) is 9.04. The Kier molecular flexibility index (Phi) is 4.16. The number of carbonyl (C=O) groups is 3. The molecule has 88 valence electrons. The van der Waals surface area contributed by atoms with Crippen molar-refractivity contribution in [3.8, 4) is 0 Å². The van der Waals surface area contributed by atoms with Gasteiger partial charge in [-0.25, -0.2) is 14.4 Å². The monoisotopic (exact) mass is 234 g/mol. The summed E-state index contributed by atoms with van der Waals surface area (Å²) in [6.07, 6.45) is 2.17. The highest BCUT2D eigenvalue weighted by atomic mass is 16.6. The van der Waals surface area contributed by atoms with E-state index in [1.165, 1.54) is 0 Å². The van der Waals surface area contributed by atoms with Crippen molar-refractivity contribution in [3.63, 3.8) is 0 Å². The highest BCUT2D eigenvalue weighted by Crippen LogP contribution is 2.05. The maximum atomic E-state index is 10.4. The van der Waals surface area contributed by atoms with Crippen molar-refractivity contribution < 1.29 is 24.2 Å². The first-order valence-electron chi connectivity index (χ1n) is 4.73. The minimum atomic E-state index is -0.863. The first kappa shape index (κ1) is 12.6. The maximum absolute atomic E-state index is 10.4. The summed E-state index contributed by atoms with van der Waals surface area (Å²) >= 11 is 0. The second-order valence-corrected chi connectivity index (χ2v) is 3.19. The lowest BCUT2D eigenvalue weighted by Gasteiger charge is -1.96. The minimum absolute atomic E-state index is 0.377.